The number of aliphatic hydroxyl groups excluding tert-OH is 1. The Kier molecular flexibility index (Phi) is 5.98. The van der Waals surface area contributed by atoms with E-state index in [2.05, 4.69) is 20.4 Å². The van der Waals surface area contributed by atoms with Crippen molar-refractivity contribution < 1.29 is 14.6 Å². The number of rotatable bonds is 6. The Morgan fingerprint density at radius 2 is 1.86 bits per heavy atom. The van der Waals surface area contributed by atoms with Gasteiger partial charge in [0.15, 0.2) is 5.82 Å². The highest BCUT2D eigenvalue weighted by atomic mass is 16.5. The lowest BCUT2D eigenvalue weighted by atomic mass is 10.2. The number of hydrogen-bond acceptors (Lipinski definition) is 7. The first kappa shape index (κ1) is 19.7. The van der Waals surface area contributed by atoms with Crippen LogP contribution in [0.4, 0.5) is 5.69 Å². The Bertz CT molecular complexity index is 1110. The van der Waals surface area contributed by atoms with Crippen molar-refractivity contribution in [3.63, 3.8) is 0 Å². The minimum absolute atomic E-state index is 0.159. The van der Waals surface area contributed by atoms with Crippen LogP contribution in [0.15, 0.2) is 81.1 Å². The smallest absolute Gasteiger partial charge is 0.362 e. The molecule has 9 heteroatoms. The van der Waals surface area contributed by atoms with Crippen LogP contribution in [0.1, 0.15) is 13.8 Å². The zero-order chi connectivity index (χ0) is 20.8. The quantitative estimate of drug-likeness (QED) is 0.286. The predicted octanol–water partition coefficient (Wildman–Crippen LogP) is 3.66. The Morgan fingerprint density at radius 1 is 1.17 bits per heavy atom. The molecule has 0 spiro atoms. The molecule has 29 heavy (non-hydrogen) atoms. The van der Waals surface area contributed by atoms with Crippen molar-refractivity contribution in [2.75, 3.05) is 6.61 Å². The molecule has 2 aromatic carbocycles. The number of benzene rings is 2. The van der Waals surface area contributed by atoms with Crippen molar-refractivity contribution in [2.24, 2.45) is 10.2 Å². The SMILES string of the molecule is CCOC(=O)/C(N=Nc1ccc(-c2n[nH]c(=O)n2-c2ccccc2)cc1)=C(\C)O. The van der Waals surface area contributed by atoms with E-state index in [0.29, 0.717) is 22.8 Å². The number of H-pyrrole nitrogens is 1. The third kappa shape index (κ3) is 4.46. The maximum atomic E-state index is 12.2. The van der Waals surface area contributed by atoms with Crippen molar-refractivity contribution in [3.8, 4) is 17.1 Å². The van der Waals surface area contributed by atoms with Gasteiger partial charge in [0.25, 0.3) is 0 Å². The Hall–Kier alpha value is -4.01. The molecule has 0 saturated carbocycles. The van der Waals surface area contributed by atoms with Gasteiger partial charge in [-0.25, -0.2) is 19.3 Å². The Balaban J connectivity index is 1.88. The van der Waals surface area contributed by atoms with Crippen LogP contribution in [-0.4, -0.2) is 32.4 Å². The first-order chi connectivity index (χ1) is 14.0. The van der Waals surface area contributed by atoms with E-state index in [1.165, 1.54) is 11.5 Å². The highest BCUT2D eigenvalue weighted by Gasteiger charge is 2.14. The maximum absolute atomic E-state index is 12.2. The molecule has 0 amide bonds. The van der Waals surface area contributed by atoms with Gasteiger partial charge in [-0.05, 0) is 50.2 Å². The molecule has 0 unspecified atom stereocenters. The van der Waals surface area contributed by atoms with Crippen LogP contribution in [-0.2, 0) is 9.53 Å². The summed E-state index contributed by atoms with van der Waals surface area (Å²) >= 11 is 0. The van der Waals surface area contributed by atoms with E-state index in [1.54, 1.807) is 31.2 Å². The summed E-state index contributed by atoms with van der Waals surface area (Å²) in [6.07, 6.45) is 0. The fraction of sp³-hybridized carbons (Fsp3) is 0.150. The van der Waals surface area contributed by atoms with Crippen LogP contribution in [0.25, 0.3) is 17.1 Å². The third-order valence-electron chi connectivity index (χ3n) is 3.89. The zero-order valence-electron chi connectivity index (χ0n) is 15.9. The van der Waals surface area contributed by atoms with E-state index >= 15 is 0 Å². The van der Waals surface area contributed by atoms with E-state index < -0.39 is 5.97 Å². The molecule has 2 N–H and O–H groups in total. The van der Waals surface area contributed by atoms with Gasteiger partial charge in [-0.1, -0.05) is 18.2 Å². The average Bonchev–Trinajstić information content (AvgIpc) is 3.10. The fourth-order valence-corrected chi connectivity index (χ4v) is 2.55. The minimum Gasteiger partial charge on any atom is -0.510 e. The molecule has 3 aromatic rings. The summed E-state index contributed by atoms with van der Waals surface area (Å²) in [7, 11) is 0. The van der Waals surface area contributed by atoms with Crippen LogP contribution < -0.4 is 5.69 Å². The van der Waals surface area contributed by atoms with Crippen molar-refractivity contribution in [1.29, 1.82) is 0 Å². The number of aliphatic hydroxyl groups is 1. The van der Waals surface area contributed by atoms with Crippen molar-refractivity contribution >= 4 is 11.7 Å². The van der Waals surface area contributed by atoms with Crippen molar-refractivity contribution in [3.05, 3.63) is 76.5 Å². The van der Waals surface area contributed by atoms with Crippen LogP contribution >= 0.6 is 0 Å². The van der Waals surface area contributed by atoms with E-state index in [1.807, 2.05) is 30.3 Å². The molecule has 0 atom stereocenters. The number of allylic oxidation sites excluding steroid dienone is 1. The standard InChI is InChI=1S/C20H19N5O4/c1-3-29-19(27)17(13(2)26)22-21-15-11-9-14(10-12-15)18-23-24-20(28)25(18)16-7-5-4-6-8-16/h4-12,26H,3H2,1-2H3,(H,24,28)/b17-13-,22-21?. The number of hydrogen-bond donors (Lipinski definition) is 2. The predicted molar refractivity (Wildman–Crippen MR) is 106 cm³/mol. The molecule has 0 aliphatic heterocycles. The number of nitrogens with one attached hydrogen (secondary N) is 1. The fourth-order valence-electron chi connectivity index (χ4n) is 2.55. The lowest BCUT2D eigenvalue weighted by molar-refractivity contribution is -0.138. The van der Waals surface area contributed by atoms with Gasteiger partial charge >= 0.3 is 11.7 Å². The number of nitrogens with zero attached hydrogens (tertiary/aromatic N) is 4. The average molecular weight is 393 g/mol. The number of esters is 1. The summed E-state index contributed by atoms with van der Waals surface area (Å²) in [6, 6.07) is 15.9. The first-order valence-corrected chi connectivity index (χ1v) is 8.83. The summed E-state index contributed by atoms with van der Waals surface area (Å²) in [5, 5.41) is 23.9. The molecule has 0 saturated heterocycles. The van der Waals surface area contributed by atoms with Gasteiger partial charge in [0.1, 0.15) is 5.76 Å². The minimum atomic E-state index is -0.753. The number of aromatic nitrogens is 3. The first-order valence-electron chi connectivity index (χ1n) is 8.83. The molecular weight excluding hydrogens is 374 g/mol. The second-order valence-corrected chi connectivity index (χ2v) is 5.92. The monoisotopic (exact) mass is 393 g/mol. The number of ether oxygens (including phenoxy) is 1. The molecule has 0 fully saturated rings. The lowest BCUT2D eigenvalue weighted by Crippen LogP contribution is -2.15. The molecule has 0 bridgehead atoms. The normalized spacial score (nSPS) is 12.1. The molecule has 0 radical (unpaired) electrons. The topological polar surface area (TPSA) is 122 Å². The molecule has 1 aromatic heterocycles. The van der Waals surface area contributed by atoms with Crippen LogP contribution in [0, 0.1) is 0 Å². The second kappa shape index (κ2) is 8.79. The number of para-hydroxylation sites is 1. The molecule has 148 valence electrons. The molecule has 3 rings (SSSR count). The van der Waals surface area contributed by atoms with Gasteiger partial charge in [0.05, 0.1) is 18.0 Å². The van der Waals surface area contributed by atoms with Gasteiger partial charge in [0, 0.05) is 5.56 Å². The van der Waals surface area contributed by atoms with E-state index in [0.717, 1.165) is 0 Å². The summed E-state index contributed by atoms with van der Waals surface area (Å²) < 4.78 is 6.30. The van der Waals surface area contributed by atoms with Gasteiger partial charge < -0.3 is 9.84 Å². The van der Waals surface area contributed by atoms with Gasteiger partial charge in [0.2, 0.25) is 5.70 Å². The number of aromatic amines is 1. The van der Waals surface area contributed by atoms with Crippen LogP contribution in [0.3, 0.4) is 0 Å². The van der Waals surface area contributed by atoms with E-state index in [-0.39, 0.29) is 23.8 Å². The lowest BCUT2D eigenvalue weighted by Gasteiger charge is -2.06. The molecular formula is C20H19N5O4. The molecule has 0 aliphatic rings. The molecule has 1 heterocycles. The number of carbonyl (C=O) groups excluding carboxylic acids is 1. The summed E-state index contributed by atoms with van der Waals surface area (Å²) in [5.74, 6) is -0.591. The van der Waals surface area contributed by atoms with Gasteiger partial charge in [-0.3, -0.25) is 0 Å². The largest absolute Gasteiger partial charge is 0.510 e. The molecule has 0 aliphatic carbocycles. The summed E-state index contributed by atoms with van der Waals surface area (Å²) in [4.78, 5) is 24.0. The maximum Gasteiger partial charge on any atom is 0.362 e. The van der Waals surface area contributed by atoms with Gasteiger partial charge in [-0.2, -0.15) is 10.2 Å². The highest BCUT2D eigenvalue weighted by molar-refractivity contribution is 5.88. The van der Waals surface area contributed by atoms with Crippen LogP contribution in [0.5, 0.6) is 0 Å². The highest BCUT2D eigenvalue weighted by Crippen LogP contribution is 2.23. The van der Waals surface area contributed by atoms with Crippen molar-refractivity contribution in [1.82, 2.24) is 14.8 Å². The van der Waals surface area contributed by atoms with Gasteiger partial charge in [-0.15, -0.1) is 5.11 Å². The second-order valence-electron chi connectivity index (χ2n) is 5.92. The number of carbonyl (C=O) groups is 1. The zero-order valence-corrected chi connectivity index (χ0v) is 15.9. The van der Waals surface area contributed by atoms with E-state index in [4.69, 9.17) is 4.74 Å². The third-order valence-corrected chi connectivity index (χ3v) is 3.89. The van der Waals surface area contributed by atoms with E-state index in [9.17, 15) is 14.7 Å². The van der Waals surface area contributed by atoms with Crippen molar-refractivity contribution in [2.45, 2.75) is 13.8 Å². The Morgan fingerprint density at radius 3 is 2.48 bits per heavy atom. The summed E-state index contributed by atoms with van der Waals surface area (Å²) in [6.45, 7) is 3.14. The van der Waals surface area contributed by atoms with Crippen LogP contribution in [0.2, 0.25) is 0 Å². The summed E-state index contributed by atoms with van der Waals surface area (Å²) in [5.41, 5.74) is 1.21. The number of azo groups is 1. The Labute approximate surface area is 166 Å². The molecule has 9 nitrogen and oxygen atoms in total.